The van der Waals surface area contributed by atoms with Crippen LogP contribution in [0.25, 0.3) is 0 Å². The van der Waals surface area contributed by atoms with Gasteiger partial charge < -0.3 is 0 Å². The molecule has 0 spiro atoms. The standard InChI is InChI=1S/C12H15BrFNO2S/c13-8-7-12(5-6-12)9-15-18(16,17)11-4-2-1-3-10(11)14/h1-4,15H,5-9H2. The Balaban J connectivity index is 2.07. The maximum atomic E-state index is 13.4. The van der Waals surface area contributed by atoms with Crippen LogP contribution in [0.3, 0.4) is 0 Å². The van der Waals surface area contributed by atoms with Crippen LogP contribution in [0.15, 0.2) is 29.2 Å². The molecule has 3 nitrogen and oxygen atoms in total. The van der Waals surface area contributed by atoms with E-state index in [2.05, 4.69) is 20.7 Å². The van der Waals surface area contributed by atoms with Gasteiger partial charge in [-0.1, -0.05) is 28.1 Å². The van der Waals surface area contributed by atoms with Crippen molar-refractivity contribution >= 4 is 26.0 Å². The van der Waals surface area contributed by atoms with Crippen molar-refractivity contribution in [1.82, 2.24) is 4.72 Å². The Hall–Kier alpha value is -0.460. The first-order chi connectivity index (χ1) is 8.49. The smallest absolute Gasteiger partial charge is 0.211 e. The molecule has 1 aliphatic carbocycles. The maximum absolute atomic E-state index is 13.4. The van der Waals surface area contributed by atoms with Gasteiger partial charge in [0.25, 0.3) is 0 Å². The summed E-state index contributed by atoms with van der Waals surface area (Å²) in [6.07, 6.45) is 2.99. The summed E-state index contributed by atoms with van der Waals surface area (Å²) in [6.45, 7) is 0.384. The van der Waals surface area contributed by atoms with E-state index in [1.165, 1.54) is 18.2 Å². The van der Waals surface area contributed by atoms with Gasteiger partial charge in [0.2, 0.25) is 10.0 Å². The Labute approximate surface area is 115 Å². The molecule has 1 aromatic rings. The minimum atomic E-state index is -3.74. The summed E-state index contributed by atoms with van der Waals surface area (Å²) in [4.78, 5) is -0.278. The molecule has 0 radical (unpaired) electrons. The van der Waals surface area contributed by atoms with Crippen molar-refractivity contribution in [2.24, 2.45) is 5.41 Å². The van der Waals surface area contributed by atoms with Crippen molar-refractivity contribution in [2.75, 3.05) is 11.9 Å². The van der Waals surface area contributed by atoms with Gasteiger partial charge in [-0.25, -0.2) is 17.5 Å². The number of sulfonamides is 1. The third-order valence-electron chi connectivity index (χ3n) is 3.35. The number of nitrogens with one attached hydrogen (secondary N) is 1. The van der Waals surface area contributed by atoms with Gasteiger partial charge in [0, 0.05) is 11.9 Å². The van der Waals surface area contributed by atoms with Crippen LogP contribution < -0.4 is 4.72 Å². The fourth-order valence-corrected chi connectivity index (χ4v) is 3.96. The molecule has 2 rings (SSSR count). The molecular weight excluding hydrogens is 321 g/mol. The van der Waals surface area contributed by atoms with Crippen LogP contribution in [0.5, 0.6) is 0 Å². The Bertz CT molecular complexity index is 529. The lowest BCUT2D eigenvalue weighted by molar-refractivity contribution is 0.478. The topological polar surface area (TPSA) is 46.2 Å². The van der Waals surface area contributed by atoms with E-state index in [1.54, 1.807) is 0 Å². The lowest BCUT2D eigenvalue weighted by atomic mass is 10.1. The average molecular weight is 336 g/mol. The van der Waals surface area contributed by atoms with Crippen molar-refractivity contribution < 1.29 is 12.8 Å². The Morgan fingerprint density at radius 3 is 2.56 bits per heavy atom. The second-order valence-electron chi connectivity index (χ2n) is 4.69. The highest BCUT2D eigenvalue weighted by Crippen LogP contribution is 2.48. The van der Waals surface area contributed by atoms with E-state index in [0.29, 0.717) is 6.54 Å². The maximum Gasteiger partial charge on any atom is 0.243 e. The van der Waals surface area contributed by atoms with Crippen LogP contribution in [0.1, 0.15) is 19.3 Å². The van der Waals surface area contributed by atoms with Gasteiger partial charge in [0.1, 0.15) is 10.7 Å². The van der Waals surface area contributed by atoms with Crippen LogP contribution in [0, 0.1) is 11.2 Å². The SMILES string of the molecule is O=S(=O)(NCC1(CCBr)CC1)c1ccccc1F. The molecule has 0 heterocycles. The lowest BCUT2D eigenvalue weighted by Gasteiger charge is -2.15. The zero-order valence-electron chi connectivity index (χ0n) is 9.83. The number of hydrogen-bond donors (Lipinski definition) is 1. The van der Waals surface area contributed by atoms with E-state index in [0.717, 1.165) is 30.7 Å². The predicted molar refractivity (Wildman–Crippen MR) is 71.7 cm³/mol. The van der Waals surface area contributed by atoms with Crippen LogP contribution in [0.2, 0.25) is 0 Å². The zero-order valence-corrected chi connectivity index (χ0v) is 12.2. The Kier molecular flexibility index (Phi) is 4.08. The molecule has 1 fully saturated rings. The van der Waals surface area contributed by atoms with E-state index < -0.39 is 15.8 Å². The molecule has 1 saturated carbocycles. The molecule has 1 N–H and O–H groups in total. The molecule has 0 amide bonds. The number of rotatable bonds is 6. The summed E-state index contributed by atoms with van der Waals surface area (Å²) in [7, 11) is -3.74. The molecule has 1 aromatic carbocycles. The summed E-state index contributed by atoms with van der Waals surface area (Å²) in [5, 5.41) is 0.856. The monoisotopic (exact) mass is 335 g/mol. The van der Waals surface area contributed by atoms with Gasteiger partial charge in [-0.15, -0.1) is 0 Å². The summed E-state index contributed by atoms with van der Waals surface area (Å²) >= 11 is 3.36. The minimum absolute atomic E-state index is 0.0713. The van der Waals surface area contributed by atoms with Crippen molar-refractivity contribution in [1.29, 1.82) is 0 Å². The third-order valence-corrected chi connectivity index (χ3v) is 5.18. The zero-order chi connectivity index (χ0) is 13.2. The van der Waals surface area contributed by atoms with Gasteiger partial charge in [-0.05, 0) is 36.8 Å². The highest BCUT2D eigenvalue weighted by atomic mass is 79.9. The molecular formula is C12H15BrFNO2S. The number of benzene rings is 1. The van der Waals surface area contributed by atoms with Gasteiger partial charge in [0.05, 0.1) is 0 Å². The Morgan fingerprint density at radius 2 is 2.00 bits per heavy atom. The fraction of sp³-hybridized carbons (Fsp3) is 0.500. The van der Waals surface area contributed by atoms with Gasteiger partial charge in [0.15, 0.2) is 0 Å². The highest BCUT2D eigenvalue weighted by Gasteiger charge is 2.42. The van der Waals surface area contributed by atoms with E-state index in [-0.39, 0.29) is 10.3 Å². The molecule has 0 aliphatic heterocycles. The summed E-state index contributed by atoms with van der Waals surface area (Å²) in [6, 6.07) is 5.42. The van der Waals surface area contributed by atoms with Crippen LogP contribution in [-0.4, -0.2) is 20.3 Å². The first-order valence-electron chi connectivity index (χ1n) is 5.79. The van der Waals surface area contributed by atoms with Crippen molar-refractivity contribution in [3.63, 3.8) is 0 Å². The third kappa shape index (κ3) is 3.10. The minimum Gasteiger partial charge on any atom is -0.211 e. The normalized spacial score (nSPS) is 17.7. The van der Waals surface area contributed by atoms with Crippen LogP contribution in [-0.2, 0) is 10.0 Å². The summed E-state index contributed by atoms with van der Waals surface area (Å²) in [5.41, 5.74) is 0.0713. The number of alkyl halides is 1. The molecule has 6 heteroatoms. The molecule has 0 aromatic heterocycles. The highest BCUT2D eigenvalue weighted by molar-refractivity contribution is 9.09. The van der Waals surface area contributed by atoms with Crippen molar-refractivity contribution in [3.05, 3.63) is 30.1 Å². The second-order valence-corrected chi connectivity index (χ2v) is 7.22. The predicted octanol–water partition coefficient (Wildman–Crippen LogP) is 2.67. The first-order valence-corrected chi connectivity index (χ1v) is 8.40. The van der Waals surface area contributed by atoms with Gasteiger partial charge >= 0.3 is 0 Å². The molecule has 0 atom stereocenters. The molecule has 0 unspecified atom stereocenters. The van der Waals surface area contributed by atoms with E-state index in [4.69, 9.17) is 0 Å². The van der Waals surface area contributed by atoms with Gasteiger partial charge in [-0.2, -0.15) is 0 Å². The first kappa shape index (κ1) is 14.0. The van der Waals surface area contributed by atoms with E-state index in [1.807, 2.05) is 0 Å². The fourth-order valence-electron chi connectivity index (χ4n) is 1.88. The Morgan fingerprint density at radius 1 is 1.33 bits per heavy atom. The van der Waals surface area contributed by atoms with Crippen molar-refractivity contribution in [2.45, 2.75) is 24.2 Å². The molecule has 0 saturated heterocycles. The van der Waals surface area contributed by atoms with Gasteiger partial charge in [-0.3, -0.25) is 0 Å². The number of halogens is 2. The summed E-state index contributed by atoms with van der Waals surface area (Å²) in [5.74, 6) is -0.713. The van der Waals surface area contributed by atoms with E-state index >= 15 is 0 Å². The largest absolute Gasteiger partial charge is 0.243 e. The average Bonchev–Trinajstić information content (AvgIpc) is 3.08. The summed E-state index contributed by atoms with van der Waals surface area (Å²) < 4.78 is 39.9. The molecule has 18 heavy (non-hydrogen) atoms. The molecule has 0 bridgehead atoms. The van der Waals surface area contributed by atoms with E-state index in [9.17, 15) is 12.8 Å². The number of hydrogen-bond acceptors (Lipinski definition) is 2. The van der Waals surface area contributed by atoms with Crippen molar-refractivity contribution in [3.8, 4) is 0 Å². The van der Waals surface area contributed by atoms with Crippen LogP contribution in [0.4, 0.5) is 4.39 Å². The lowest BCUT2D eigenvalue weighted by Crippen LogP contribution is -2.31. The van der Waals surface area contributed by atoms with Crippen LogP contribution >= 0.6 is 15.9 Å². The second kappa shape index (κ2) is 5.27. The molecule has 1 aliphatic rings. The quantitative estimate of drug-likeness (QED) is 0.812. The molecule has 100 valence electrons.